The highest BCUT2D eigenvalue weighted by molar-refractivity contribution is 5.41. The van der Waals surface area contributed by atoms with E-state index in [1.807, 2.05) is 30.3 Å². The second-order valence-electron chi connectivity index (χ2n) is 6.17. The number of fused-ring (bicyclic) bond motifs is 1. The van der Waals surface area contributed by atoms with E-state index in [1.54, 1.807) is 12.5 Å². The summed E-state index contributed by atoms with van der Waals surface area (Å²) in [7, 11) is 0. The van der Waals surface area contributed by atoms with Gasteiger partial charge in [0.15, 0.2) is 0 Å². The van der Waals surface area contributed by atoms with E-state index in [9.17, 15) is 5.26 Å². The van der Waals surface area contributed by atoms with Gasteiger partial charge in [0.25, 0.3) is 0 Å². The number of aromatic nitrogens is 3. The Morgan fingerprint density at radius 2 is 2.20 bits per heavy atom. The number of benzene rings is 1. The van der Waals surface area contributed by atoms with E-state index in [2.05, 4.69) is 32.0 Å². The first-order valence-electron chi connectivity index (χ1n) is 8.22. The highest BCUT2D eigenvalue weighted by Gasteiger charge is 2.31. The summed E-state index contributed by atoms with van der Waals surface area (Å²) in [6.07, 6.45) is 4.35. The number of nitrogens with two attached hydrogens (primary N) is 1. The van der Waals surface area contributed by atoms with Crippen molar-refractivity contribution in [3.8, 4) is 6.07 Å². The molecule has 25 heavy (non-hydrogen) atoms. The summed E-state index contributed by atoms with van der Waals surface area (Å²) in [4.78, 5) is 14.3. The maximum atomic E-state index is 9.24. The Labute approximate surface area is 146 Å². The third-order valence-corrected chi connectivity index (χ3v) is 4.66. The van der Waals surface area contributed by atoms with Crippen molar-refractivity contribution in [2.45, 2.75) is 19.0 Å². The average Bonchev–Trinajstić information content (AvgIpc) is 3.12. The third kappa shape index (κ3) is 2.86. The Bertz CT molecular complexity index is 939. The smallest absolute Gasteiger partial charge is 0.127 e. The lowest BCUT2D eigenvalue weighted by Gasteiger charge is -2.35. The number of rotatable bonds is 3. The molecule has 0 amide bonds. The summed E-state index contributed by atoms with van der Waals surface area (Å²) in [5.74, 6) is 0.555. The fourth-order valence-electron chi connectivity index (χ4n) is 3.45. The van der Waals surface area contributed by atoms with E-state index in [4.69, 9.17) is 5.73 Å². The van der Waals surface area contributed by atoms with Gasteiger partial charge in [-0.3, -0.25) is 4.90 Å². The first-order valence-corrected chi connectivity index (χ1v) is 8.22. The molecule has 4 rings (SSSR count). The van der Waals surface area contributed by atoms with Crippen LogP contribution in [0.1, 0.15) is 34.1 Å². The lowest BCUT2D eigenvalue weighted by atomic mass is 9.94. The minimum absolute atomic E-state index is 0.0112. The minimum Gasteiger partial charge on any atom is -0.383 e. The molecule has 1 aromatic carbocycles. The summed E-state index contributed by atoms with van der Waals surface area (Å²) in [5, 5.41) is 9.24. The van der Waals surface area contributed by atoms with E-state index in [0.717, 1.165) is 35.5 Å². The fourth-order valence-corrected chi connectivity index (χ4v) is 3.45. The van der Waals surface area contributed by atoms with E-state index in [-0.39, 0.29) is 6.04 Å². The van der Waals surface area contributed by atoms with Crippen LogP contribution >= 0.6 is 0 Å². The number of pyridine rings is 1. The van der Waals surface area contributed by atoms with Crippen LogP contribution in [0.3, 0.4) is 0 Å². The van der Waals surface area contributed by atoms with Gasteiger partial charge in [-0.05, 0) is 23.8 Å². The Kier molecular flexibility index (Phi) is 3.92. The zero-order valence-corrected chi connectivity index (χ0v) is 13.7. The van der Waals surface area contributed by atoms with Gasteiger partial charge < -0.3 is 10.7 Å². The molecule has 1 atom stereocenters. The first kappa shape index (κ1) is 15.4. The predicted molar refractivity (Wildman–Crippen MR) is 94.4 cm³/mol. The standard InChI is InChI=1S/C19H18N6/c20-10-13-3-1-4-14(9-13)18-17-16(23-12-24-17)6-8-25(18)11-15-5-2-7-22-19(15)21/h1-5,7,9,12,18H,6,8,11H2,(H2,21,22)(H,23,24)/t18-/m1/s1. The number of hydrogen-bond donors (Lipinski definition) is 2. The van der Waals surface area contributed by atoms with Crippen molar-refractivity contribution < 1.29 is 0 Å². The highest BCUT2D eigenvalue weighted by atomic mass is 15.2. The summed E-state index contributed by atoms with van der Waals surface area (Å²) < 4.78 is 0. The van der Waals surface area contributed by atoms with Gasteiger partial charge >= 0.3 is 0 Å². The summed E-state index contributed by atoms with van der Waals surface area (Å²) >= 11 is 0. The number of anilines is 1. The van der Waals surface area contributed by atoms with E-state index in [1.165, 1.54) is 0 Å². The molecule has 3 heterocycles. The Hall–Kier alpha value is -3.17. The fraction of sp³-hybridized carbons (Fsp3) is 0.211. The molecule has 124 valence electrons. The molecule has 0 saturated heterocycles. The van der Waals surface area contributed by atoms with Crippen molar-refractivity contribution >= 4 is 5.82 Å². The van der Waals surface area contributed by atoms with Gasteiger partial charge in [0.2, 0.25) is 0 Å². The van der Waals surface area contributed by atoms with E-state index >= 15 is 0 Å². The van der Waals surface area contributed by atoms with Crippen molar-refractivity contribution in [1.82, 2.24) is 19.9 Å². The molecule has 0 aliphatic carbocycles. The van der Waals surface area contributed by atoms with Crippen molar-refractivity contribution in [3.05, 3.63) is 77.0 Å². The number of aromatic amines is 1. The second-order valence-corrected chi connectivity index (χ2v) is 6.17. The summed E-state index contributed by atoms with van der Waals surface area (Å²) in [6.45, 7) is 1.57. The number of nitrogens with one attached hydrogen (secondary N) is 1. The molecular formula is C19H18N6. The molecule has 0 spiro atoms. The predicted octanol–water partition coefficient (Wildman–Crippen LogP) is 2.41. The van der Waals surface area contributed by atoms with Gasteiger partial charge in [-0.25, -0.2) is 9.97 Å². The van der Waals surface area contributed by atoms with Gasteiger partial charge in [-0.15, -0.1) is 0 Å². The Morgan fingerprint density at radius 1 is 1.28 bits per heavy atom. The van der Waals surface area contributed by atoms with Crippen molar-refractivity contribution in [3.63, 3.8) is 0 Å². The maximum absolute atomic E-state index is 9.24. The molecule has 1 aliphatic rings. The molecule has 0 unspecified atom stereocenters. The topological polar surface area (TPSA) is 94.6 Å². The number of nitrogens with zero attached hydrogens (tertiary/aromatic N) is 4. The lowest BCUT2D eigenvalue weighted by molar-refractivity contribution is 0.200. The van der Waals surface area contributed by atoms with Crippen LogP contribution in [-0.2, 0) is 13.0 Å². The normalized spacial score (nSPS) is 17.0. The van der Waals surface area contributed by atoms with Crippen LogP contribution < -0.4 is 5.73 Å². The van der Waals surface area contributed by atoms with Gasteiger partial charge in [-0.1, -0.05) is 18.2 Å². The third-order valence-electron chi connectivity index (χ3n) is 4.66. The zero-order chi connectivity index (χ0) is 17.2. The van der Waals surface area contributed by atoms with Gasteiger partial charge in [-0.2, -0.15) is 5.26 Å². The van der Waals surface area contributed by atoms with Crippen molar-refractivity contribution in [1.29, 1.82) is 5.26 Å². The van der Waals surface area contributed by atoms with Crippen molar-refractivity contribution in [2.24, 2.45) is 0 Å². The molecule has 6 heteroatoms. The highest BCUT2D eigenvalue weighted by Crippen LogP contribution is 2.35. The van der Waals surface area contributed by atoms with Crippen LogP contribution in [0.2, 0.25) is 0 Å². The summed E-state index contributed by atoms with van der Waals surface area (Å²) in [6, 6.07) is 13.9. The molecule has 0 saturated carbocycles. The molecule has 1 aliphatic heterocycles. The molecule has 3 N–H and O–H groups in total. The average molecular weight is 330 g/mol. The van der Waals surface area contributed by atoms with Crippen molar-refractivity contribution in [2.75, 3.05) is 12.3 Å². The SMILES string of the molecule is N#Cc1cccc([C@@H]2c3nc[nH]c3CCN2Cc2cccnc2N)c1. The molecule has 3 aromatic rings. The Balaban J connectivity index is 1.75. The molecule has 2 aromatic heterocycles. The largest absolute Gasteiger partial charge is 0.383 e. The number of nitriles is 1. The first-order chi connectivity index (χ1) is 12.3. The molecule has 0 bridgehead atoms. The minimum atomic E-state index is -0.0112. The lowest BCUT2D eigenvalue weighted by Crippen LogP contribution is -2.36. The maximum Gasteiger partial charge on any atom is 0.127 e. The number of imidazole rings is 1. The van der Waals surface area contributed by atoms with Gasteiger partial charge in [0.1, 0.15) is 5.82 Å². The van der Waals surface area contributed by atoms with Crippen LogP contribution in [-0.4, -0.2) is 26.4 Å². The van der Waals surface area contributed by atoms with E-state index in [0.29, 0.717) is 17.9 Å². The van der Waals surface area contributed by atoms with E-state index < -0.39 is 0 Å². The Morgan fingerprint density at radius 3 is 3.04 bits per heavy atom. The number of H-pyrrole nitrogens is 1. The monoisotopic (exact) mass is 330 g/mol. The second kappa shape index (κ2) is 6.38. The molecule has 0 fully saturated rings. The quantitative estimate of drug-likeness (QED) is 0.769. The van der Waals surface area contributed by atoms with Crippen LogP contribution in [0.5, 0.6) is 0 Å². The molecule has 0 radical (unpaired) electrons. The van der Waals surface area contributed by atoms with Gasteiger partial charge in [0, 0.05) is 37.0 Å². The van der Waals surface area contributed by atoms with Crippen LogP contribution in [0.25, 0.3) is 0 Å². The number of hydrogen-bond acceptors (Lipinski definition) is 5. The van der Waals surface area contributed by atoms with Crippen LogP contribution in [0, 0.1) is 11.3 Å². The van der Waals surface area contributed by atoms with Crippen LogP contribution in [0.4, 0.5) is 5.82 Å². The van der Waals surface area contributed by atoms with Crippen LogP contribution in [0.15, 0.2) is 48.9 Å². The summed E-state index contributed by atoms with van der Waals surface area (Å²) in [5.41, 5.74) is 10.9. The molecular weight excluding hydrogens is 312 g/mol. The number of nitrogen functional groups attached to an aromatic ring is 1. The molecule has 6 nitrogen and oxygen atoms in total. The zero-order valence-electron chi connectivity index (χ0n) is 13.7. The van der Waals surface area contributed by atoms with Gasteiger partial charge in [0.05, 0.1) is 29.7 Å².